The van der Waals surface area contributed by atoms with E-state index in [2.05, 4.69) is 46.4 Å². The Morgan fingerprint density at radius 1 is 1.47 bits per heavy atom. The molecule has 3 heteroatoms. The second kappa shape index (κ2) is 6.99. The van der Waals surface area contributed by atoms with Gasteiger partial charge in [0, 0.05) is 17.1 Å². The molecule has 0 heterocycles. The predicted molar refractivity (Wildman–Crippen MR) is 67.0 cm³/mol. The first-order valence-corrected chi connectivity index (χ1v) is 6.10. The van der Waals surface area contributed by atoms with Crippen molar-refractivity contribution >= 4 is 15.9 Å². The van der Waals surface area contributed by atoms with Crippen LogP contribution in [0.3, 0.4) is 0 Å². The summed E-state index contributed by atoms with van der Waals surface area (Å²) in [5, 5.41) is 12.0. The summed E-state index contributed by atoms with van der Waals surface area (Å²) in [6.07, 6.45) is 1.84. The summed E-state index contributed by atoms with van der Waals surface area (Å²) in [4.78, 5) is 0. The third-order valence-electron chi connectivity index (χ3n) is 2.26. The molecule has 1 rings (SSSR count). The molecule has 0 saturated carbocycles. The van der Waals surface area contributed by atoms with Crippen LogP contribution in [0.5, 0.6) is 0 Å². The molecule has 0 amide bonds. The minimum Gasteiger partial charge on any atom is -0.396 e. The number of nitrogens with one attached hydrogen (secondary N) is 1. The fourth-order valence-electron chi connectivity index (χ4n) is 1.52. The van der Waals surface area contributed by atoms with Crippen molar-refractivity contribution in [3.05, 3.63) is 34.3 Å². The Kier molecular flexibility index (Phi) is 5.91. The molecule has 2 nitrogen and oxygen atoms in total. The Hall–Kier alpha value is -0.380. The highest BCUT2D eigenvalue weighted by atomic mass is 79.9. The van der Waals surface area contributed by atoms with E-state index < -0.39 is 0 Å². The average molecular weight is 272 g/mol. The molecule has 84 valence electrons. The third kappa shape index (κ3) is 5.30. The summed E-state index contributed by atoms with van der Waals surface area (Å²) in [6.45, 7) is 3.31. The van der Waals surface area contributed by atoms with Crippen molar-refractivity contribution in [3.8, 4) is 0 Å². The fourth-order valence-corrected chi connectivity index (χ4v) is 1.96. The number of rotatable bonds is 6. The fraction of sp³-hybridized carbons (Fsp3) is 0.500. The summed E-state index contributed by atoms with van der Waals surface area (Å²) >= 11 is 3.46. The van der Waals surface area contributed by atoms with Gasteiger partial charge in [0.2, 0.25) is 0 Å². The van der Waals surface area contributed by atoms with Gasteiger partial charge in [-0.2, -0.15) is 0 Å². The number of hydrogen-bond donors (Lipinski definition) is 2. The van der Waals surface area contributed by atoms with Gasteiger partial charge in [-0.3, -0.25) is 0 Å². The predicted octanol–water partition coefficient (Wildman–Crippen LogP) is 2.35. The molecule has 1 atom stereocenters. The third-order valence-corrected chi connectivity index (χ3v) is 2.75. The standard InChI is InChI=1S/C12H18BrNO/c1-10(14-6-3-7-15)8-11-4-2-5-12(13)9-11/h2,4-5,9-10,14-15H,3,6-8H2,1H3. The molecule has 0 aliphatic rings. The summed E-state index contributed by atoms with van der Waals surface area (Å²) in [6, 6.07) is 8.82. The highest BCUT2D eigenvalue weighted by Gasteiger charge is 2.02. The second-order valence-electron chi connectivity index (χ2n) is 3.77. The smallest absolute Gasteiger partial charge is 0.0443 e. The van der Waals surface area contributed by atoms with Gasteiger partial charge in [-0.25, -0.2) is 0 Å². The zero-order valence-corrected chi connectivity index (χ0v) is 10.6. The lowest BCUT2D eigenvalue weighted by Gasteiger charge is -2.13. The maximum Gasteiger partial charge on any atom is 0.0443 e. The van der Waals surface area contributed by atoms with Gasteiger partial charge in [-0.05, 0) is 44.0 Å². The number of aliphatic hydroxyl groups is 1. The van der Waals surface area contributed by atoms with Crippen LogP contribution in [0, 0.1) is 0 Å². The van der Waals surface area contributed by atoms with Crippen LogP contribution in [-0.4, -0.2) is 24.3 Å². The van der Waals surface area contributed by atoms with Crippen molar-refractivity contribution in [3.63, 3.8) is 0 Å². The topological polar surface area (TPSA) is 32.3 Å². The van der Waals surface area contributed by atoms with Crippen LogP contribution in [-0.2, 0) is 6.42 Å². The SMILES string of the molecule is CC(Cc1cccc(Br)c1)NCCCO. The van der Waals surface area contributed by atoms with Crippen LogP contribution in [0.4, 0.5) is 0 Å². The van der Waals surface area contributed by atoms with Gasteiger partial charge < -0.3 is 10.4 Å². The molecule has 1 unspecified atom stereocenters. The molecule has 2 N–H and O–H groups in total. The van der Waals surface area contributed by atoms with Gasteiger partial charge in [0.25, 0.3) is 0 Å². The molecule has 0 aliphatic heterocycles. The molecule has 0 aromatic heterocycles. The monoisotopic (exact) mass is 271 g/mol. The van der Waals surface area contributed by atoms with E-state index in [4.69, 9.17) is 5.11 Å². The quantitative estimate of drug-likeness (QED) is 0.779. The zero-order chi connectivity index (χ0) is 11.1. The molecule has 0 fully saturated rings. The molecule has 0 radical (unpaired) electrons. The number of halogens is 1. The van der Waals surface area contributed by atoms with Crippen molar-refractivity contribution in [1.29, 1.82) is 0 Å². The number of aliphatic hydroxyl groups excluding tert-OH is 1. The average Bonchev–Trinajstić information content (AvgIpc) is 2.18. The van der Waals surface area contributed by atoms with E-state index in [9.17, 15) is 0 Å². The summed E-state index contributed by atoms with van der Waals surface area (Å²) in [5.41, 5.74) is 1.33. The minimum absolute atomic E-state index is 0.261. The molecule has 0 spiro atoms. The maximum atomic E-state index is 8.66. The molecule has 1 aromatic rings. The molecule has 0 saturated heterocycles. The van der Waals surface area contributed by atoms with E-state index in [1.54, 1.807) is 0 Å². The van der Waals surface area contributed by atoms with Gasteiger partial charge in [0.1, 0.15) is 0 Å². The highest BCUT2D eigenvalue weighted by molar-refractivity contribution is 9.10. The first kappa shape index (κ1) is 12.7. The lowest BCUT2D eigenvalue weighted by atomic mass is 10.1. The molecule has 0 bridgehead atoms. The minimum atomic E-state index is 0.261. The molecule has 0 aliphatic carbocycles. The lowest BCUT2D eigenvalue weighted by molar-refractivity contribution is 0.283. The van der Waals surface area contributed by atoms with Gasteiger partial charge in [0.15, 0.2) is 0 Å². The van der Waals surface area contributed by atoms with Crippen molar-refractivity contribution in [1.82, 2.24) is 5.32 Å². The molecular formula is C12H18BrNO. The molecular weight excluding hydrogens is 254 g/mol. The van der Waals surface area contributed by atoms with Gasteiger partial charge in [-0.1, -0.05) is 28.1 Å². The summed E-state index contributed by atoms with van der Waals surface area (Å²) in [7, 11) is 0. The van der Waals surface area contributed by atoms with Crippen LogP contribution >= 0.6 is 15.9 Å². The van der Waals surface area contributed by atoms with Crippen molar-refractivity contribution < 1.29 is 5.11 Å². The summed E-state index contributed by atoms with van der Waals surface area (Å²) in [5.74, 6) is 0. The Morgan fingerprint density at radius 2 is 2.27 bits per heavy atom. The van der Waals surface area contributed by atoms with Crippen LogP contribution in [0.15, 0.2) is 28.7 Å². The van der Waals surface area contributed by atoms with Crippen LogP contribution in [0.2, 0.25) is 0 Å². The van der Waals surface area contributed by atoms with Crippen molar-refractivity contribution in [2.24, 2.45) is 0 Å². The van der Waals surface area contributed by atoms with E-state index in [1.807, 2.05) is 6.07 Å². The Morgan fingerprint density at radius 3 is 2.93 bits per heavy atom. The highest BCUT2D eigenvalue weighted by Crippen LogP contribution is 2.12. The summed E-state index contributed by atoms with van der Waals surface area (Å²) < 4.78 is 1.13. The maximum absolute atomic E-state index is 8.66. The van der Waals surface area contributed by atoms with E-state index in [0.29, 0.717) is 6.04 Å². The second-order valence-corrected chi connectivity index (χ2v) is 4.68. The Balaban J connectivity index is 2.34. The molecule has 15 heavy (non-hydrogen) atoms. The first-order chi connectivity index (χ1) is 7.22. The number of benzene rings is 1. The van der Waals surface area contributed by atoms with Gasteiger partial charge in [0.05, 0.1) is 0 Å². The normalized spacial score (nSPS) is 12.7. The lowest BCUT2D eigenvalue weighted by Crippen LogP contribution is -2.29. The first-order valence-electron chi connectivity index (χ1n) is 5.31. The number of hydrogen-bond acceptors (Lipinski definition) is 2. The zero-order valence-electron chi connectivity index (χ0n) is 9.04. The van der Waals surface area contributed by atoms with Gasteiger partial charge in [-0.15, -0.1) is 0 Å². The molecule has 1 aromatic carbocycles. The van der Waals surface area contributed by atoms with Crippen LogP contribution in [0.25, 0.3) is 0 Å². The van der Waals surface area contributed by atoms with Crippen molar-refractivity contribution in [2.75, 3.05) is 13.2 Å². The Labute approximate surface area is 99.8 Å². The van der Waals surface area contributed by atoms with E-state index in [-0.39, 0.29) is 6.61 Å². The largest absolute Gasteiger partial charge is 0.396 e. The van der Waals surface area contributed by atoms with Crippen molar-refractivity contribution in [2.45, 2.75) is 25.8 Å². The van der Waals surface area contributed by atoms with E-state index in [0.717, 1.165) is 23.9 Å². The van der Waals surface area contributed by atoms with E-state index >= 15 is 0 Å². The van der Waals surface area contributed by atoms with E-state index in [1.165, 1.54) is 5.56 Å². The van der Waals surface area contributed by atoms with Crippen LogP contribution < -0.4 is 5.32 Å². The Bertz CT molecular complexity index is 291. The van der Waals surface area contributed by atoms with Gasteiger partial charge >= 0.3 is 0 Å². The van der Waals surface area contributed by atoms with Crippen LogP contribution in [0.1, 0.15) is 18.9 Å².